The van der Waals surface area contributed by atoms with E-state index in [9.17, 15) is 14.7 Å². The van der Waals surface area contributed by atoms with E-state index < -0.39 is 11.5 Å². The Morgan fingerprint density at radius 3 is 2.77 bits per heavy atom. The third kappa shape index (κ3) is 2.76. The summed E-state index contributed by atoms with van der Waals surface area (Å²) in [4.78, 5) is 27.7. The van der Waals surface area contributed by atoms with Crippen molar-refractivity contribution in [1.82, 2.24) is 10.3 Å². The molecular weight excluding hydrogens is 304 g/mol. The van der Waals surface area contributed by atoms with E-state index >= 15 is 0 Å². The molecule has 116 valence electrons. The molecule has 0 bridgehead atoms. The molecule has 2 aromatic rings. The van der Waals surface area contributed by atoms with E-state index in [1.165, 1.54) is 11.3 Å². The number of carboxylic acid groups (broad SMARTS) is 1. The monoisotopic (exact) mass is 320 g/mol. The fourth-order valence-electron chi connectivity index (χ4n) is 2.45. The Bertz CT molecular complexity index is 715. The summed E-state index contributed by atoms with van der Waals surface area (Å²) in [5, 5.41) is 14.4. The number of thiazole rings is 1. The van der Waals surface area contributed by atoms with E-state index in [1.807, 2.05) is 19.1 Å². The second-order valence-electron chi connectivity index (χ2n) is 5.52. The second kappa shape index (κ2) is 5.57. The van der Waals surface area contributed by atoms with Crippen molar-refractivity contribution in [3.63, 3.8) is 0 Å². The molecule has 1 fully saturated rings. The molecule has 1 aliphatic rings. The molecule has 1 saturated carbocycles. The SMILES string of the molecule is Cc1ccc(-c2nc(CC(=O)NC3(C(=O)O)CCC3)cs2)o1. The average molecular weight is 320 g/mol. The summed E-state index contributed by atoms with van der Waals surface area (Å²) >= 11 is 1.40. The highest BCUT2D eigenvalue weighted by Gasteiger charge is 2.45. The maximum atomic E-state index is 12.0. The lowest BCUT2D eigenvalue weighted by Crippen LogP contribution is -2.59. The topological polar surface area (TPSA) is 92.4 Å². The van der Waals surface area contributed by atoms with E-state index in [1.54, 1.807) is 5.38 Å². The molecule has 2 aromatic heterocycles. The van der Waals surface area contributed by atoms with E-state index in [0.717, 1.165) is 12.2 Å². The van der Waals surface area contributed by atoms with Crippen LogP contribution in [0.3, 0.4) is 0 Å². The number of nitrogens with one attached hydrogen (secondary N) is 1. The molecule has 1 aliphatic carbocycles. The third-order valence-corrected chi connectivity index (χ3v) is 4.75. The zero-order valence-electron chi connectivity index (χ0n) is 12.1. The van der Waals surface area contributed by atoms with Crippen molar-refractivity contribution in [3.8, 4) is 10.8 Å². The first-order valence-corrected chi connectivity index (χ1v) is 7.92. The molecule has 0 radical (unpaired) electrons. The molecular formula is C15H16N2O4S. The van der Waals surface area contributed by atoms with Gasteiger partial charge in [-0.15, -0.1) is 11.3 Å². The van der Waals surface area contributed by atoms with Crippen LogP contribution in [-0.2, 0) is 16.0 Å². The Morgan fingerprint density at radius 2 is 2.23 bits per heavy atom. The molecule has 0 saturated heterocycles. The van der Waals surface area contributed by atoms with Crippen LogP contribution in [0.25, 0.3) is 10.8 Å². The lowest BCUT2D eigenvalue weighted by Gasteiger charge is -2.38. The van der Waals surface area contributed by atoms with Crippen LogP contribution in [-0.4, -0.2) is 27.5 Å². The molecule has 6 nitrogen and oxygen atoms in total. The van der Waals surface area contributed by atoms with Gasteiger partial charge in [0.15, 0.2) is 10.8 Å². The summed E-state index contributed by atoms with van der Waals surface area (Å²) in [6.45, 7) is 1.86. The van der Waals surface area contributed by atoms with Gasteiger partial charge in [0.2, 0.25) is 5.91 Å². The molecule has 0 spiro atoms. The predicted octanol–water partition coefficient (Wildman–Crippen LogP) is 2.38. The van der Waals surface area contributed by atoms with Crippen molar-refractivity contribution >= 4 is 23.2 Å². The number of amides is 1. The minimum Gasteiger partial charge on any atom is -0.480 e. The zero-order chi connectivity index (χ0) is 15.7. The molecule has 2 heterocycles. The van der Waals surface area contributed by atoms with Crippen LogP contribution in [0.15, 0.2) is 21.9 Å². The fourth-order valence-corrected chi connectivity index (χ4v) is 3.23. The first kappa shape index (κ1) is 14.8. The van der Waals surface area contributed by atoms with Crippen molar-refractivity contribution < 1.29 is 19.1 Å². The Kier molecular flexibility index (Phi) is 3.74. The van der Waals surface area contributed by atoms with Crippen LogP contribution >= 0.6 is 11.3 Å². The Labute approximate surface area is 131 Å². The molecule has 1 amide bonds. The van der Waals surface area contributed by atoms with Crippen LogP contribution in [0, 0.1) is 6.92 Å². The number of furan rings is 1. The largest absolute Gasteiger partial charge is 0.480 e. The normalized spacial score (nSPS) is 16.0. The minimum absolute atomic E-state index is 0.0746. The van der Waals surface area contributed by atoms with Gasteiger partial charge >= 0.3 is 5.97 Å². The van der Waals surface area contributed by atoms with Crippen molar-refractivity contribution in [1.29, 1.82) is 0 Å². The van der Waals surface area contributed by atoms with Crippen LogP contribution in [0.2, 0.25) is 0 Å². The molecule has 0 atom stereocenters. The van der Waals surface area contributed by atoms with Crippen LogP contribution in [0.5, 0.6) is 0 Å². The van der Waals surface area contributed by atoms with E-state index in [2.05, 4.69) is 10.3 Å². The first-order valence-electron chi connectivity index (χ1n) is 7.04. The van der Waals surface area contributed by atoms with Gasteiger partial charge in [-0.05, 0) is 38.3 Å². The average Bonchev–Trinajstić information content (AvgIpc) is 3.02. The number of aromatic nitrogens is 1. The Balaban J connectivity index is 1.65. The van der Waals surface area contributed by atoms with E-state index in [-0.39, 0.29) is 12.3 Å². The summed E-state index contributed by atoms with van der Waals surface area (Å²) in [6, 6.07) is 3.70. The van der Waals surface area contributed by atoms with Gasteiger partial charge in [-0.25, -0.2) is 9.78 Å². The van der Waals surface area contributed by atoms with Crippen LogP contribution in [0.1, 0.15) is 30.7 Å². The van der Waals surface area contributed by atoms with Gasteiger partial charge in [0.25, 0.3) is 0 Å². The molecule has 0 unspecified atom stereocenters. The summed E-state index contributed by atoms with van der Waals surface area (Å²) in [5.74, 6) is 0.208. The highest BCUT2D eigenvalue weighted by molar-refractivity contribution is 7.13. The number of carbonyl (C=O) groups excluding carboxylic acids is 1. The Morgan fingerprint density at radius 1 is 1.45 bits per heavy atom. The highest BCUT2D eigenvalue weighted by Crippen LogP contribution is 2.32. The number of carbonyl (C=O) groups is 2. The van der Waals surface area contributed by atoms with Gasteiger partial charge in [-0.1, -0.05) is 0 Å². The summed E-state index contributed by atoms with van der Waals surface area (Å²) in [6.07, 6.45) is 1.88. The number of hydrogen-bond acceptors (Lipinski definition) is 5. The molecule has 22 heavy (non-hydrogen) atoms. The smallest absolute Gasteiger partial charge is 0.329 e. The van der Waals surface area contributed by atoms with Gasteiger partial charge in [0, 0.05) is 5.38 Å². The zero-order valence-corrected chi connectivity index (χ0v) is 12.9. The Hall–Kier alpha value is -2.15. The fraction of sp³-hybridized carbons (Fsp3) is 0.400. The lowest BCUT2D eigenvalue weighted by molar-refractivity contribution is -0.151. The third-order valence-electron chi connectivity index (χ3n) is 3.84. The van der Waals surface area contributed by atoms with Crippen molar-refractivity contribution in [2.24, 2.45) is 0 Å². The highest BCUT2D eigenvalue weighted by atomic mass is 32.1. The predicted molar refractivity (Wildman–Crippen MR) is 80.6 cm³/mol. The van der Waals surface area contributed by atoms with E-state index in [0.29, 0.717) is 29.3 Å². The summed E-state index contributed by atoms with van der Waals surface area (Å²) < 4.78 is 5.50. The van der Waals surface area contributed by atoms with Crippen molar-refractivity contribution in [2.45, 2.75) is 38.1 Å². The first-order chi connectivity index (χ1) is 10.5. The standard InChI is InChI=1S/C15H16N2O4S/c1-9-3-4-11(21-9)13-16-10(8-22-13)7-12(18)17-15(14(19)20)5-2-6-15/h3-4,8H,2,5-7H2,1H3,(H,17,18)(H,19,20). The maximum absolute atomic E-state index is 12.0. The molecule has 0 aromatic carbocycles. The quantitative estimate of drug-likeness (QED) is 0.882. The van der Waals surface area contributed by atoms with Crippen molar-refractivity contribution in [2.75, 3.05) is 0 Å². The molecule has 2 N–H and O–H groups in total. The van der Waals surface area contributed by atoms with Gasteiger partial charge in [0.1, 0.15) is 11.3 Å². The minimum atomic E-state index is -1.08. The van der Waals surface area contributed by atoms with Crippen molar-refractivity contribution in [3.05, 3.63) is 29.0 Å². The molecule has 7 heteroatoms. The van der Waals surface area contributed by atoms with Gasteiger partial charge in [-0.3, -0.25) is 4.79 Å². The van der Waals surface area contributed by atoms with Crippen LogP contribution in [0.4, 0.5) is 0 Å². The number of hydrogen-bond donors (Lipinski definition) is 2. The van der Waals surface area contributed by atoms with Gasteiger partial charge < -0.3 is 14.8 Å². The second-order valence-corrected chi connectivity index (χ2v) is 6.38. The molecule has 0 aliphatic heterocycles. The van der Waals surface area contributed by atoms with Gasteiger partial charge in [0.05, 0.1) is 12.1 Å². The molecule has 3 rings (SSSR count). The number of aryl methyl sites for hydroxylation is 1. The van der Waals surface area contributed by atoms with Gasteiger partial charge in [-0.2, -0.15) is 0 Å². The summed E-state index contributed by atoms with van der Waals surface area (Å²) in [7, 11) is 0. The number of carboxylic acids is 1. The number of rotatable bonds is 5. The maximum Gasteiger partial charge on any atom is 0.329 e. The van der Waals surface area contributed by atoms with Crippen LogP contribution < -0.4 is 5.32 Å². The number of aliphatic carboxylic acids is 1. The number of nitrogens with zero attached hydrogens (tertiary/aromatic N) is 1. The van der Waals surface area contributed by atoms with E-state index in [4.69, 9.17) is 4.42 Å². The summed E-state index contributed by atoms with van der Waals surface area (Å²) in [5.41, 5.74) is -0.458. The lowest BCUT2D eigenvalue weighted by atomic mass is 9.76.